The van der Waals surface area contributed by atoms with E-state index in [2.05, 4.69) is 10.3 Å². The van der Waals surface area contributed by atoms with E-state index < -0.39 is 24.1 Å². The van der Waals surface area contributed by atoms with Crippen molar-refractivity contribution in [2.24, 2.45) is 5.92 Å². The third-order valence-electron chi connectivity index (χ3n) is 4.88. The van der Waals surface area contributed by atoms with Crippen molar-refractivity contribution in [2.45, 2.75) is 58.7 Å². The van der Waals surface area contributed by atoms with Crippen molar-refractivity contribution in [1.29, 1.82) is 0 Å². The molecule has 1 saturated heterocycles. The zero-order chi connectivity index (χ0) is 25.1. The Labute approximate surface area is 205 Å². The smallest absolute Gasteiger partial charge is 0.351 e. The molecule has 1 N–H and O–H groups in total. The maximum atomic E-state index is 12.5. The van der Waals surface area contributed by atoms with Gasteiger partial charge in [-0.15, -0.1) is 0 Å². The number of hydrogen-bond donors (Lipinski definition) is 1. The van der Waals surface area contributed by atoms with E-state index >= 15 is 0 Å². The molecule has 0 bridgehead atoms. The van der Waals surface area contributed by atoms with Gasteiger partial charge in [-0.05, 0) is 12.5 Å². The summed E-state index contributed by atoms with van der Waals surface area (Å²) >= 11 is 1.27. The number of thioether (sulfide) groups is 1. The predicted molar refractivity (Wildman–Crippen MR) is 130 cm³/mol. The van der Waals surface area contributed by atoms with Gasteiger partial charge in [-0.1, -0.05) is 32.5 Å². The highest BCUT2D eigenvalue weighted by Crippen LogP contribution is 2.37. The third kappa shape index (κ3) is 8.67. The van der Waals surface area contributed by atoms with Gasteiger partial charge in [0.05, 0.1) is 25.9 Å². The minimum atomic E-state index is -0.731. The number of carbonyl (C=O) groups is 2. The van der Waals surface area contributed by atoms with Crippen LogP contribution in [-0.2, 0) is 32.8 Å². The van der Waals surface area contributed by atoms with E-state index in [-0.39, 0.29) is 37.9 Å². The molecule has 0 spiro atoms. The van der Waals surface area contributed by atoms with Crippen LogP contribution in [0.2, 0.25) is 0 Å². The zero-order valence-electron chi connectivity index (χ0n) is 20.1. The van der Waals surface area contributed by atoms with Gasteiger partial charge in [0.1, 0.15) is 18.0 Å². The van der Waals surface area contributed by atoms with Crippen molar-refractivity contribution >= 4 is 37.6 Å². The summed E-state index contributed by atoms with van der Waals surface area (Å²) in [7, 11) is 1.27. The molecule has 0 radical (unpaired) electrons. The molecule has 1 aromatic heterocycles. The molecule has 2 heterocycles. The van der Waals surface area contributed by atoms with Gasteiger partial charge >= 0.3 is 5.69 Å². The highest BCUT2D eigenvalue weighted by atomic mass is 32.2. The summed E-state index contributed by atoms with van der Waals surface area (Å²) in [6, 6.07) is 1.52. The Hall–Kier alpha value is -1.40. The molecule has 5 atom stereocenters. The van der Waals surface area contributed by atoms with Crippen molar-refractivity contribution in [1.82, 2.24) is 9.55 Å². The maximum Gasteiger partial charge on any atom is 0.351 e. The number of amides is 1. The number of carbonyl (C=O) groups excluding carboxylic acids is 2. The first kappa shape index (κ1) is 28.8. The fourth-order valence-corrected chi connectivity index (χ4v) is 4.58. The summed E-state index contributed by atoms with van der Waals surface area (Å²) in [6.07, 6.45) is 0.118. The summed E-state index contributed by atoms with van der Waals surface area (Å²) in [5.74, 6) is 0.488. The van der Waals surface area contributed by atoms with Crippen molar-refractivity contribution in [3.8, 4) is 0 Å². The predicted octanol–water partition coefficient (Wildman–Crippen LogP) is 2.37. The Bertz CT molecular complexity index is 856. The Kier molecular flexibility index (Phi) is 12.6. The summed E-state index contributed by atoms with van der Waals surface area (Å²) in [6.45, 7) is 8.26. The first-order valence-corrected chi connectivity index (χ1v) is 12.9. The Morgan fingerprint density at radius 2 is 2.06 bits per heavy atom. The third-order valence-corrected chi connectivity index (χ3v) is 6.70. The second kappa shape index (κ2) is 14.9. The minimum Gasteiger partial charge on any atom is -0.378 e. The average molecular weight is 520 g/mol. The lowest BCUT2D eigenvalue weighted by molar-refractivity contribution is -0.114. The van der Waals surface area contributed by atoms with Crippen LogP contribution in [0.1, 0.15) is 40.3 Å². The van der Waals surface area contributed by atoms with E-state index in [4.69, 9.17) is 23.3 Å². The molecule has 2 unspecified atom stereocenters. The van der Waals surface area contributed by atoms with Gasteiger partial charge in [0.15, 0.2) is 20.4 Å². The zero-order valence-corrected chi connectivity index (χ0v) is 22.0. The molecular weight excluding hydrogens is 485 g/mol. The second-order valence-electron chi connectivity index (χ2n) is 7.81. The van der Waals surface area contributed by atoms with Gasteiger partial charge in [-0.2, -0.15) is 4.98 Å². The van der Waals surface area contributed by atoms with Gasteiger partial charge in [0, 0.05) is 31.9 Å². The van der Waals surface area contributed by atoms with Gasteiger partial charge in [0.25, 0.3) is 0 Å². The second-order valence-corrected chi connectivity index (χ2v) is 9.60. The topological polar surface area (TPSA) is 127 Å². The van der Waals surface area contributed by atoms with E-state index in [1.54, 1.807) is 0 Å². The SMILES string of the molecule is CC[C@H]1O[C@@H](n2ccc(NC(C)=O)nc2=O)[C@@H](OC)C1OPOCCOCCSC(=O)C(C)C. The quantitative estimate of drug-likeness (QED) is 0.289. The van der Waals surface area contributed by atoms with Gasteiger partial charge < -0.3 is 28.6 Å². The van der Waals surface area contributed by atoms with E-state index in [1.807, 2.05) is 20.8 Å². The Morgan fingerprint density at radius 3 is 2.68 bits per heavy atom. The number of anilines is 1. The number of nitrogens with zero attached hydrogens (tertiary/aromatic N) is 2. The van der Waals surface area contributed by atoms with Crippen molar-refractivity contribution in [3.63, 3.8) is 0 Å². The number of nitrogens with one attached hydrogen (secondary N) is 1. The molecule has 1 aliphatic heterocycles. The van der Waals surface area contributed by atoms with Crippen LogP contribution < -0.4 is 11.0 Å². The van der Waals surface area contributed by atoms with Gasteiger partial charge in [-0.25, -0.2) is 4.79 Å². The molecular formula is C21H34N3O8PS. The standard InChI is InChI=1S/C21H34N3O8PS/c1-6-15-17(32-33-30-10-9-29-11-12-34-20(26)13(2)3)18(28-5)19(31-15)24-8-7-16(22-14(4)25)23-21(24)27/h7-8,13,15,17-19,33H,6,9-12H2,1-5H3,(H,22,23,25,27)/t15-,17?,18+,19-/m1/s1. The van der Waals surface area contributed by atoms with Crippen molar-refractivity contribution in [3.05, 3.63) is 22.7 Å². The van der Waals surface area contributed by atoms with Crippen molar-refractivity contribution < 1.29 is 32.8 Å². The minimum absolute atomic E-state index is 0.0201. The van der Waals surface area contributed by atoms with Crippen LogP contribution >= 0.6 is 20.8 Å². The van der Waals surface area contributed by atoms with Crippen LogP contribution in [0.4, 0.5) is 5.82 Å². The van der Waals surface area contributed by atoms with E-state index in [9.17, 15) is 14.4 Å². The van der Waals surface area contributed by atoms with E-state index in [1.165, 1.54) is 42.6 Å². The highest BCUT2D eigenvalue weighted by Gasteiger charge is 2.46. The van der Waals surface area contributed by atoms with E-state index in [0.717, 1.165) is 0 Å². The molecule has 34 heavy (non-hydrogen) atoms. The Balaban J connectivity index is 1.81. The molecule has 0 saturated carbocycles. The lowest BCUT2D eigenvalue weighted by atomic mass is 10.1. The van der Waals surface area contributed by atoms with Crippen LogP contribution in [0, 0.1) is 5.92 Å². The van der Waals surface area contributed by atoms with Crippen LogP contribution in [-0.4, -0.2) is 71.6 Å². The summed E-state index contributed by atoms with van der Waals surface area (Å²) in [4.78, 5) is 39.1. The number of aromatic nitrogens is 2. The average Bonchev–Trinajstić information content (AvgIpc) is 3.14. The molecule has 1 aromatic rings. The highest BCUT2D eigenvalue weighted by molar-refractivity contribution is 8.13. The Morgan fingerprint density at radius 1 is 1.29 bits per heavy atom. The lowest BCUT2D eigenvalue weighted by Gasteiger charge is -2.23. The number of hydrogen-bond acceptors (Lipinski definition) is 10. The molecule has 0 aliphatic carbocycles. The molecule has 192 valence electrons. The van der Waals surface area contributed by atoms with Crippen LogP contribution in [0.3, 0.4) is 0 Å². The van der Waals surface area contributed by atoms with Crippen LogP contribution in [0.15, 0.2) is 17.1 Å². The summed E-state index contributed by atoms with van der Waals surface area (Å²) in [5.41, 5.74) is -0.571. The fraction of sp³-hybridized carbons (Fsp3) is 0.714. The van der Waals surface area contributed by atoms with Gasteiger partial charge in [-0.3, -0.25) is 14.2 Å². The summed E-state index contributed by atoms with van der Waals surface area (Å²) in [5, 5.41) is 2.64. The molecule has 1 amide bonds. The first-order valence-electron chi connectivity index (χ1n) is 11.1. The van der Waals surface area contributed by atoms with Crippen molar-refractivity contribution in [2.75, 3.05) is 38.0 Å². The van der Waals surface area contributed by atoms with Gasteiger partial charge in [0.2, 0.25) is 5.91 Å². The van der Waals surface area contributed by atoms with E-state index in [0.29, 0.717) is 32.0 Å². The fourth-order valence-electron chi connectivity index (χ4n) is 3.21. The molecule has 0 aromatic carbocycles. The largest absolute Gasteiger partial charge is 0.378 e. The monoisotopic (exact) mass is 519 g/mol. The number of ether oxygens (including phenoxy) is 3. The molecule has 1 fully saturated rings. The molecule has 2 rings (SSSR count). The molecule has 1 aliphatic rings. The van der Waals surface area contributed by atoms with Crippen LogP contribution in [0.5, 0.6) is 0 Å². The normalized spacial score (nSPS) is 22.6. The summed E-state index contributed by atoms with van der Waals surface area (Å²) < 4.78 is 29.9. The first-order chi connectivity index (χ1) is 16.3. The number of methoxy groups -OCH3 is 1. The number of rotatable bonds is 14. The molecule has 11 nitrogen and oxygen atoms in total. The van der Waals surface area contributed by atoms with Crippen LogP contribution in [0.25, 0.3) is 0 Å². The molecule has 13 heteroatoms. The lowest BCUT2D eigenvalue weighted by Crippen LogP contribution is -2.37. The maximum absolute atomic E-state index is 12.5.